The van der Waals surface area contributed by atoms with Gasteiger partial charge in [0.05, 0.1) is 6.10 Å². The van der Waals surface area contributed by atoms with Crippen molar-refractivity contribution in [3.63, 3.8) is 0 Å². The Hall–Kier alpha value is -1.02. The molecule has 0 aliphatic carbocycles. The highest BCUT2D eigenvalue weighted by atomic mass is 16.5. The molecular weight excluding hydrogens is 236 g/mol. The lowest BCUT2D eigenvalue weighted by Crippen LogP contribution is -2.47. The Balaban J connectivity index is 2.05. The molecule has 2 aliphatic rings. The summed E-state index contributed by atoms with van der Waals surface area (Å²) in [4.78, 5) is 0. The monoisotopic (exact) mass is 260 g/mol. The predicted octanol–water partition coefficient (Wildman–Crippen LogP) is 4.45. The minimum atomic E-state index is -0.128. The lowest BCUT2D eigenvalue weighted by atomic mass is 9.76. The minimum Gasteiger partial charge on any atom is -0.487 e. The van der Waals surface area contributed by atoms with Crippen LogP contribution in [0.2, 0.25) is 0 Å². The molecule has 2 atom stereocenters. The van der Waals surface area contributed by atoms with Crippen LogP contribution in [0.3, 0.4) is 0 Å². The van der Waals surface area contributed by atoms with E-state index in [9.17, 15) is 0 Å². The molecule has 0 bridgehead atoms. The first-order valence-electron chi connectivity index (χ1n) is 7.43. The van der Waals surface area contributed by atoms with Crippen LogP contribution < -0.4 is 4.74 Å². The summed E-state index contributed by atoms with van der Waals surface area (Å²) in [6.07, 6.45) is 2.56. The Morgan fingerprint density at radius 2 is 2.05 bits per heavy atom. The number of hydrogen-bond donors (Lipinski definition) is 0. The van der Waals surface area contributed by atoms with Crippen LogP contribution in [0.1, 0.15) is 63.7 Å². The zero-order valence-corrected chi connectivity index (χ0v) is 12.4. The molecule has 0 amide bonds. The fourth-order valence-corrected chi connectivity index (χ4v) is 3.40. The Morgan fingerprint density at radius 1 is 1.26 bits per heavy atom. The number of ether oxygens (including phenoxy) is 2. The fraction of sp³-hybridized carbons (Fsp3) is 0.647. The first-order chi connectivity index (χ1) is 8.99. The van der Waals surface area contributed by atoms with E-state index in [1.165, 1.54) is 17.5 Å². The zero-order chi connectivity index (χ0) is 13.6. The van der Waals surface area contributed by atoms with Gasteiger partial charge in [-0.1, -0.05) is 19.9 Å². The van der Waals surface area contributed by atoms with Gasteiger partial charge in [0.2, 0.25) is 0 Å². The molecule has 2 heterocycles. The smallest absolute Gasteiger partial charge is 0.125 e. The third-order valence-corrected chi connectivity index (χ3v) is 4.60. The lowest BCUT2D eigenvalue weighted by Gasteiger charge is -2.47. The highest BCUT2D eigenvalue weighted by molar-refractivity contribution is 5.43. The van der Waals surface area contributed by atoms with Crippen LogP contribution in [-0.2, 0) is 4.74 Å². The van der Waals surface area contributed by atoms with Gasteiger partial charge in [-0.15, -0.1) is 0 Å². The fourth-order valence-electron chi connectivity index (χ4n) is 3.40. The molecule has 104 valence electrons. The molecule has 0 N–H and O–H groups in total. The van der Waals surface area contributed by atoms with Crippen molar-refractivity contribution in [3.8, 4) is 5.75 Å². The van der Waals surface area contributed by atoms with Crippen LogP contribution in [0, 0.1) is 5.92 Å². The van der Waals surface area contributed by atoms with E-state index in [2.05, 4.69) is 45.9 Å². The summed E-state index contributed by atoms with van der Waals surface area (Å²) in [5.41, 5.74) is 2.50. The van der Waals surface area contributed by atoms with Gasteiger partial charge in [0.25, 0.3) is 0 Å². The molecule has 3 rings (SSSR count). The maximum Gasteiger partial charge on any atom is 0.125 e. The Bertz CT molecular complexity index is 476. The van der Waals surface area contributed by atoms with Gasteiger partial charge in [0.1, 0.15) is 11.4 Å². The molecule has 1 saturated heterocycles. The molecule has 2 nitrogen and oxygen atoms in total. The maximum absolute atomic E-state index is 6.24. The van der Waals surface area contributed by atoms with Gasteiger partial charge in [-0.25, -0.2) is 0 Å². The first kappa shape index (κ1) is 13.0. The average molecular weight is 260 g/mol. The summed E-state index contributed by atoms with van der Waals surface area (Å²) in [7, 11) is 0. The van der Waals surface area contributed by atoms with Crippen LogP contribution >= 0.6 is 0 Å². The predicted molar refractivity (Wildman–Crippen MR) is 76.7 cm³/mol. The molecule has 0 aromatic heterocycles. The molecule has 1 aromatic rings. The highest BCUT2D eigenvalue weighted by Gasteiger charge is 2.45. The lowest BCUT2D eigenvalue weighted by molar-refractivity contribution is -0.116. The Morgan fingerprint density at radius 3 is 2.79 bits per heavy atom. The van der Waals surface area contributed by atoms with E-state index < -0.39 is 0 Å². The molecule has 0 spiro atoms. The van der Waals surface area contributed by atoms with Crippen molar-refractivity contribution in [2.45, 2.75) is 58.2 Å². The quantitative estimate of drug-likeness (QED) is 0.742. The zero-order valence-electron chi connectivity index (χ0n) is 12.4. The number of benzene rings is 1. The maximum atomic E-state index is 6.24. The van der Waals surface area contributed by atoms with E-state index in [0.717, 1.165) is 18.8 Å². The van der Waals surface area contributed by atoms with E-state index in [1.807, 2.05) is 0 Å². The van der Waals surface area contributed by atoms with E-state index in [-0.39, 0.29) is 11.7 Å². The second-order valence-electron chi connectivity index (χ2n) is 6.70. The second-order valence-corrected chi connectivity index (χ2v) is 6.70. The standard InChI is InChI=1S/C17H24O2/c1-11(2)12-7-8-15-13(10-12)16-14(6-5-9-18-16)17(3,4)19-15/h7-8,10-11,14,16H,5-6,9H2,1-4H3. The van der Waals surface area contributed by atoms with Crippen molar-refractivity contribution in [1.29, 1.82) is 0 Å². The molecule has 2 unspecified atom stereocenters. The summed E-state index contributed by atoms with van der Waals surface area (Å²) < 4.78 is 12.3. The molecule has 1 fully saturated rings. The van der Waals surface area contributed by atoms with E-state index in [0.29, 0.717) is 11.8 Å². The molecule has 2 heteroatoms. The number of fused-ring (bicyclic) bond motifs is 3. The first-order valence-corrected chi connectivity index (χ1v) is 7.43. The Kier molecular flexibility index (Phi) is 3.09. The SMILES string of the molecule is CC(C)c1ccc2c(c1)C1OCCCC1C(C)(C)O2. The van der Waals surface area contributed by atoms with Crippen molar-refractivity contribution in [2.75, 3.05) is 6.61 Å². The topological polar surface area (TPSA) is 18.5 Å². The van der Waals surface area contributed by atoms with Crippen molar-refractivity contribution < 1.29 is 9.47 Å². The second kappa shape index (κ2) is 4.52. The van der Waals surface area contributed by atoms with Gasteiger partial charge < -0.3 is 9.47 Å². The van der Waals surface area contributed by atoms with E-state index >= 15 is 0 Å². The summed E-state index contributed by atoms with van der Waals surface area (Å²) >= 11 is 0. The van der Waals surface area contributed by atoms with E-state index in [4.69, 9.17) is 9.47 Å². The summed E-state index contributed by atoms with van der Waals surface area (Å²) in [5, 5.41) is 0. The van der Waals surface area contributed by atoms with Gasteiger partial charge in [-0.2, -0.15) is 0 Å². The van der Waals surface area contributed by atoms with Gasteiger partial charge in [0, 0.05) is 18.1 Å². The largest absolute Gasteiger partial charge is 0.487 e. The van der Waals surface area contributed by atoms with Crippen molar-refractivity contribution in [1.82, 2.24) is 0 Å². The van der Waals surface area contributed by atoms with Gasteiger partial charge in [0.15, 0.2) is 0 Å². The highest BCUT2D eigenvalue weighted by Crippen LogP contribution is 2.49. The van der Waals surface area contributed by atoms with Crippen molar-refractivity contribution >= 4 is 0 Å². The number of hydrogen-bond acceptors (Lipinski definition) is 2. The van der Waals surface area contributed by atoms with Crippen LogP contribution in [0.4, 0.5) is 0 Å². The normalized spacial score (nSPS) is 28.5. The minimum absolute atomic E-state index is 0.128. The van der Waals surface area contributed by atoms with Gasteiger partial charge in [-0.3, -0.25) is 0 Å². The van der Waals surface area contributed by atoms with Crippen LogP contribution in [0.25, 0.3) is 0 Å². The third kappa shape index (κ3) is 2.16. The van der Waals surface area contributed by atoms with Crippen LogP contribution in [0.15, 0.2) is 18.2 Å². The van der Waals surface area contributed by atoms with Crippen molar-refractivity contribution in [2.24, 2.45) is 5.92 Å². The summed E-state index contributed by atoms with van der Waals surface area (Å²) in [6.45, 7) is 9.73. The third-order valence-electron chi connectivity index (χ3n) is 4.60. The van der Waals surface area contributed by atoms with E-state index in [1.54, 1.807) is 0 Å². The molecule has 19 heavy (non-hydrogen) atoms. The van der Waals surface area contributed by atoms with Gasteiger partial charge in [-0.05, 0) is 50.3 Å². The molecule has 0 radical (unpaired) electrons. The van der Waals surface area contributed by atoms with Gasteiger partial charge >= 0.3 is 0 Å². The van der Waals surface area contributed by atoms with Crippen LogP contribution in [-0.4, -0.2) is 12.2 Å². The summed E-state index contributed by atoms with van der Waals surface area (Å²) in [5.74, 6) is 2.02. The Labute approximate surface area is 116 Å². The van der Waals surface area contributed by atoms with Crippen molar-refractivity contribution in [3.05, 3.63) is 29.3 Å². The number of rotatable bonds is 1. The summed E-state index contributed by atoms with van der Waals surface area (Å²) in [6, 6.07) is 6.60. The van der Waals surface area contributed by atoms with Crippen LogP contribution in [0.5, 0.6) is 5.75 Å². The molecule has 0 saturated carbocycles. The molecule has 1 aromatic carbocycles. The molecule has 2 aliphatic heterocycles. The molecular formula is C17H24O2. The average Bonchev–Trinajstić information content (AvgIpc) is 2.38.